The number of nitriles is 1. The zero-order valence-electron chi connectivity index (χ0n) is 10.3. The van der Waals surface area contributed by atoms with Gasteiger partial charge in [0.1, 0.15) is 5.82 Å². The van der Waals surface area contributed by atoms with E-state index in [2.05, 4.69) is 27.3 Å². The van der Waals surface area contributed by atoms with Crippen LogP contribution in [-0.2, 0) is 0 Å². The Hall–Kier alpha value is -1.08. The van der Waals surface area contributed by atoms with Crippen molar-refractivity contribution in [3.05, 3.63) is 28.0 Å². The molecular formula is C14H16BrFN2. The molecule has 0 radical (unpaired) electrons. The Balaban J connectivity index is 2.18. The summed E-state index contributed by atoms with van der Waals surface area (Å²) in [5.74, 6) is -0.194. The van der Waals surface area contributed by atoms with Crippen LogP contribution in [-0.4, -0.2) is 6.04 Å². The predicted molar refractivity (Wildman–Crippen MR) is 73.8 cm³/mol. The fourth-order valence-electron chi connectivity index (χ4n) is 2.46. The van der Waals surface area contributed by atoms with Crippen LogP contribution in [0.4, 0.5) is 10.1 Å². The summed E-state index contributed by atoms with van der Waals surface area (Å²) in [6.45, 7) is 1.88. The Morgan fingerprint density at radius 3 is 2.83 bits per heavy atom. The molecule has 1 aromatic rings. The topological polar surface area (TPSA) is 35.8 Å². The van der Waals surface area contributed by atoms with Crippen LogP contribution in [0.2, 0.25) is 0 Å². The summed E-state index contributed by atoms with van der Waals surface area (Å²) in [6.07, 6.45) is 4.24. The smallest absolute Gasteiger partial charge is 0.137 e. The highest BCUT2D eigenvalue weighted by atomic mass is 79.9. The van der Waals surface area contributed by atoms with Crippen LogP contribution in [0.25, 0.3) is 0 Å². The first-order valence-corrected chi connectivity index (χ1v) is 7.03. The molecule has 1 aliphatic rings. The number of halogens is 2. The lowest BCUT2D eigenvalue weighted by Crippen LogP contribution is -2.31. The number of benzene rings is 1. The van der Waals surface area contributed by atoms with Crippen molar-refractivity contribution in [1.82, 2.24) is 0 Å². The molecule has 0 amide bonds. The SMILES string of the molecule is Cc1cc(F)c(Br)cc1NC1CCCCC1C#N. The highest BCUT2D eigenvalue weighted by Gasteiger charge is 2.25. The Bertz CT molecular complexity index is 481. The Morgan fingerprint density at radius 1 is 1.39 bits per heavy atom. The molecule has 2 rings (SSSR count). The molecule has 0 saturated heterocycles. The van der Waals surface area contributed by atoms with Crippen molar-refractivity contribution < 1.29 is 4.39 Å². The third-order valence-corrected chi connectivity index (χ3v) is 4.15. The van der Waals surface area contributed by atoms with E-state index in [1.807, 2.05) is 6.92 Å². The molecule has 1 aromatic carbocycles. The fraction of sp³-hybridized carbons (Fsp3) is 0.500. The number of aryl methyl sites for hydroxylation is 1. The van der Waals surface area contributed by atoms with Crippen molar-refractivity contribution in [2.45, 2.75) is 38.6 Å². The lowest BCUT2D eigenvalue weighted by molar-refractivity contribution is 0.388. The molecule has 0 bridgehead atoms. The van der Waals surface area contributed by atoms with Gasteiger partial charge in [-0.1, -0.05) is 12.8 Å². The second-order valence-electron chi connectivity index (χ2n) is 4.85. The van der Waals surface area contributed by atoms with E-state index < -0.39 is 0 Å². The van der Waals surface area contributed by atoms with Gasteiger partial charge in [0, 0.05) is 11.7 Å². The maximum atomic E-state index is 13.4. The van der Waals surface area contributed by atoms with Gasteiger partial charge in [-0.3, -0.25) is 0 Å². The molecule has 2 unspecified atom stereocenters. The first kappa shape index (κ1) is 13.4. The van der Waals surface area contributed by atoms with Crippen molar-refractivity contribution in [3.8, 4) is 6.07 Å². The highest BCUT2D eigenvalue weighted by molar-refractivity contribution is 9.10. The van der Waals surface area contributed by atoms with Crippen LogP contribution >= 0.6 is 15.9 Å². The van der Waals surface area contributed by atoms with Crippen LogP contribution in [0.5, 0.6) is 0 Å². The van der Waals surface area contributed by atoms with E-state index in [0.717, 1.165) is 36.9 Å². The van der Waals surface area contributed by atoms with Gasteiger partial charge in [-0.15, -0.1) is 0 Å². The molecule has 2 nitrogen and oxygen atoms in total. The first-order valence-electron chi connectivity index (χ1n) is 6.23. The van der Waals surface area contributed by atoms with Crippen molar-refractivity contribution in [3.63, 3.8) is 0 Å². The van der Waals surface area contributed by atoms with Gasteiger partial charge in [0.05, 0.1) is 16.5 Å². The molecule has 96 valence electrons. The summed E-state index contributed by atoms with van der Waals surface area (Å²) in [5, 5.41) is 12.5. The van der Waals surface area contributed by atoms with E-state index in [1.54, 1.807) is 6.07 Å². The van der Waals surface area contributed by atoms with Crippen molar-refractivity contribution >= 4 is 21.6 Å². The molecule has 0 spiro atoms. The Morgan fingerprint density at radius 2 is 2.11 bits per heavy atom. The van der Waals surface area contributed by atoms with E-state index in [-0.39, 0.29) is 17.8 Å². The molecular weight excluding hydrogens is 295 g/mol. The van der Waals surface area contributed by atoms with Gasteiger partial charge in [0.15, 0.2) is 0 Å². The largest absolute Gasteiger partial charge is 0.381 e. The van der Waals surface area contributed by atoms with Crippen LogP contribution in [0.15, 0.2) is 16.6 Å². The van der Waals surface area contributed by atoms with Crippen LogP contribution in [0, 0.1) is 30.0 Å². The number of anilines is 1. The van der Waals surface area contributed by atoms with Crippen molar-refractivity contribution in [1.29, 1.82) is 5.26 Å². The van der Waals surface area contributed by atoms with E-state index in [0.29, 0.717) is 4.47 Å². The minimum atomic E-state index is -0.251. The second kappa shape index (κ2) is 5.71. The summed E-state index contributed by atoms with van der Waals surface area (Å²) >= 11 is 3.20. The quantitative estimate of drug-likeness (QED) is 0.879. The molecule has 0 aliphatic heterocycles. The summed E-state index contributed by atoms with van der Waals surface area (Å²) in [5.41, 5.74) is 1.79. The highest BCUT2D eigenvalue weighted by Crippen LogP contribution is 2.30. The number of hydrogen-bond donors (Lipinski definition) is 1. The Labute approximate surface area is 115 Å². The maximum Gasteiger partial charge on any atom is 0.137 e. The third kappa shape index (κ3) is 2.84. The number of nitrogens with zero attached hydrogens (tertiary/aromatic N) is 1. The number of hydrogen-bond acceptors (Lipinski definition) is 2. The molecule has 1 fully saturated rings. The van der Waals surface area contributed by atoms with Crippen molar-refractivity contribution in [2.75, 3.05) is 5.32 Å². The molecule has 18 heavy (non-hydrogen) atoms. The summed E-state index contributed by atoms with van der Waals surface area (Å²) < 4.78 is 13.8. The van der Waals surface area contributed by atoms with E-state index in [9.17, 15) is 4.39 Å². The minimum Gasteiger partial charge on any atom is -0.381 e. The average Bonchev–Trinajstić information content (AvgIpc) is 2.36. The van der Waals surface area contributed by atoms with E-state index >= 15 is 0 Å². The van der Waals surface area contributed by atoms with Gasteiger partial charge >= 0.3 is 0 Å². The van der Waals surface area contributed by atoms with Gasteiger partial charge in [-0.2, -0.15) is 5.26 Å². The second-order valence-corrected chi connectivity index (χ2v) is 5.71. The monoisotopic (exact) mass is 310 g/mol. The molecule has 2 atom stereocenters. The van der Waals surface area contributed by atoms with Crippen LogP contribution in [0.3, 0.4) is 0 Å². The van der Waals surface area contributed by atoms with Gasteiger partial charge in [0.25, 0.3) is 0 Å². The number of nitrogens with one attached hydrogen (secondary N) is 1. The standard InChI is InChI=1S/C14H16BrFN2/c1-9-6-12(16)11(15)7-14(9)18-13-5-3-2-4-10(13)8-17/h6-7,10,13,18H,2-5H2,1H3. The van der Waals surface area contributed by atoms with E-state index in [1.165, 1.54) is 6.07 Å². The fourth-order valence-corrected chi connectivity index (χ4v) is 2.80. The van der Waals surface area contributed by atoms with Gasteiger partial charge in [-0.25, -0.2) is 4.39 Å². The van der Waals surface area contributed by atoms with Gasteiger partial charge in [0.2, 0.25) is 0 Å². The molecule has 1 aliphatic carbocycles. The normalized spacial score (nSPS) is 23.4. The Kier molecular flexibility index (Phi) is 4.23. The zero-order chi connectivity index (χ0) is 13.1. The summed E-state index contributed by atoms with van der Waals surface area (Å²) in [6, 6.07) is 5.82. The predicted octanol–water partition coefficient (Wildman–Crippen LogP) is 4.39. The molecule has 4 heteroatoms. The molecule has 1 N–H and O–H groups in total. The van der Waals surface area contributed by atoms with Gasteiger partial charge in [-0.05, 0) is 53.4 Å². The molecule has 0 heterocycles. The summed E-state index contributed by atoms with van der Waals surface area (Å²) in [7, 11) is 0. The third-order valence-electron chi connectivity index (χ3n) is 3.54. The van der Waals surface area contributed by atoms with Gasteiger partial charge < -0.3 is 5.32 Å². The minimum absolute atomic E-state index is 0.0574. The summed E-state index contributed by atoms with van der Waals surface area (Å²) in [4.78, 5) is 0. The lowest BCUT2D eigenvalue weighted by atomic mass is 9.85. The first-order chi connectivity index (χ1) is 8.61. The van der Waals surface area contributed by atoms with Crippen LogP contribution < -0.4 is 5.32 Å². The van der Waals surface area contributed by atoms with Crippen LogP contribution in [0.1, 0.15) is 31.2 Å². The maximum absolute atomic E-state index is 13.4. The van der Waals surface area contributed by atoms with E-state index in [4.69, 9.17) is 5.26 Å². The molecule has 1 saturated carbocycles. The zero-order valence-corrected chi connectivity index (χ0v) is 11.9. The average molecular weight is 311 g/mol. The number of rotatable bonds is 2. The van der Waals surface area contributed by atoms with Crippen molar-refractivity contribution in [2.24, 2.45) is 5.92 Å². The lowest BCUT2D eigenvalue weighted by Gasteiger charge is -2.29. The molecule has 0 aromatic heterocycles.